The Labute approximate surface area is 114 Å². The van der Waals surface area contributed by atoms with Crippen molar-refractivity contribution in [3.8, 4) is 0 Å². The summed E-state index contributed by atoms with van der Waals surface area (Å²) in [5.41, 5.74) is 0.779. The van der Waals surface area contributed by atoms with Gasteiger partial charge in [0.25, 0.3) is 0 Å². The molecule has 3 atom stereocenters. The van der Waals surface area contributed by atoms with Crippen LogP contribution in [-0.2, 0) is 4.79 Å². The Balaban J connectivity index is 2.89. The Morgan fingerprint density at radius 3 is 2.47 bits per heavy atom. The van der Waals surface area contributed by atoms with Gasteiger partial charge in [-0.25, -0.2) is 0 Å². The van der Waals surface area contributed by atoms with Gasteiger partial charge in [0.15, 0.2) is 5.78 Å². The van der Waals surface area contributed by atoms with Gasteiger partial charge in [-0.1, -0.05) is 17.2 Å². The second-order valence-electron chi connectivity index (χ2n) is 5.79. The first-order chi connectivity index (χ1) is 8.67. The zero-order valence-corrected chi connectivity index (χ0v) is 12.1. The van der Waals surface area contributed by atoms with Crippen molar-refractivity contribution in [2.24, 2.45) is 0 Å². The molecule has 19 heavy (non-hydrogen) atoms. The van der Waals surface area contributed by atoms with Crippen LogP contribution in [0.4, 0.5) is 0 Å². The number of rotatable bonds is 3. The van der Waals surface area contributed by atoms with Gasteiger partial charge in [-0.15, -0.1) is 0 Å². The molecular formula is C15H24O4. The summed E-state index contributed by atoms with van der Waals surface area (Å²) >= 11 is 0. The molecule has 0 saturated heterocycles. The van der Waals surface area contributed by atoms with Crippen LogP contribution in [0.5, 0.6) is 0 Å². The monoisotopic (exact) mass is 268 g/mol. The van der Waals surface area contributed by atoms with E-state index < -0.39 is 23.6 Å². The maximum absolute atomic E-state index is 12.0. The van der Waals surface area contributed by atoms with E-state index in [9.17, 15) is 20.1 Å². The third kappa shape index (κ3) is 3.53. The lowest BCUT2D eigenvalue weighted by Gasteiger charge is -2.38. The van der Waals surface area contributed by atoms with E-state index in [0.717, 1.165) is 12.0 Å². The van der Waals surface area contributed by atoms with Gasteiger partial charge in [-0.2, -0.15) is 0 Å². The topological polar surface area (TPSA) is 77.8 Å². The van der Waals surface area contributed by atoms with Crippen LogP contribution < -0.4 is 0 Å². The smallest absolute Gasteiger partial charge is 0.190 e. The van der Waals surface area contributed by atoms with Crippen LogP contribution >= 0.6 is 0 Å². The molecule has 0 aromatic heterocycles. The van der Waals surface area contributed by atoms with Gasteiger partial charge in [0.05, 0.1) is 6.10 Å². The lowest BCUT2D eigenvalue weighted by Crippen LogP contribution is -2.57. The number of carbonyl (C=O) groups excluding carboxylic acids is 1. The Morgan fingerprint density at radius 1 is 1.37 bits per heavy atom. The van der Waals surface area contributed by atoms with E-state index in [1.807, 2.05) is 20.8 Å². The number of Topliss-reactive ketones (excluding diaryl/α,β-unsaturated/α-hetero) is 1. The van der Waals surface area contributed by atoms with E-state index in [4.69, 9.17) is 0 Å². The predicted molar refractivity (Wildman–Crippen MR) is 73.6 cm³/mol. The van der Waals surface area contributed by atoms with Crippen LogP contribution in [0.3, 0.4) is 0 Å². The van der Waals surface area contributed by atoms with Gasteiger partial charge in [-0.3, -0.25) is 4.79 Å². The molecule has 0 heterocycles. The minimum absolute atomic E-state index is 0.101. The summed E-state index contributed by atoms with van der Waals surface area (Å²) in [4.78, 5) is 12.0. The van der Waals surface area contributed by atoms with Crippen LogP contribution in [0.1, 0.15) is 47.0 Å². The SMILES string of the molecule is CC(C)=CCCC(C)=C1CC(O)C(C)(O)C(O)C1=O. The largest absolute Gasteiger partial charge is 0.390 e. The fraction of sp³-hybridized carbons (Fsp3) is 0.667. The zero-order chi connectivity index (χ0) is 14.8. The fourth-order valence-corrected chi connectivity index (χ4v) is 2.23. The van der Waals surface area contributed by atoms with E-state index >= 15 is 0 Å². The molecule has 0 bridgehead atoms. The second-order valence-corrected chi connectivity index (χ2v) is 5.79. The summed E-state index contributed by atoms with van der Waals surface area (Å²) in [6, 6.07) is 0. The van der Waals surface area contributed by atoms with Gasteiger partial charge in [-0.05, 0) is 46.1 Å². The van der Waals surface area contributed by atoms with Crippen molar-refractivity contribution < 1.29 is 20.1 Å². The number of carbonyl (C=O) groups is 1. The number of hydrogen-bond donors (Lipinski definition) is 3. The first kappa shape index (κ1) is 16.1. The number of allylic oxidation sites excluding steroid dienone is 3. The summed E-state index contributed by atoms with van der Waals surface area (Å²) in [5.74, 6) is -0.468. The highest BCUT2D eigenvalue weighted by molar-refractivity contribution is 6.01. The molecular weight excluding hydrogens is 244 g/mol. The summed E-state index contributed by atoms with van der Waals surface area (Å²) in [6.45, 7) is 7.15. The molecule has 4 nitrogen and oxygen atoms in total. The molecule has 4 heteroatoms. The highest BCUT2D eigenvalue weighted by atomic mass is 16.4. The molecule has 1 aliphatic carbocycles. The molecule has 0 aromatic carbocycles. The Morgan fingerprint density at radius 2 is 1.95 bits per heavy atom. The zero-order valence-electron chi connectivity index (χ0n) is 12.1. The molecule has 1 fully saturated rings. The predicted octanol–water partition coefficient (Wildman–Crippen LogP) is 1.49. The molecule has 0 radical (unpaired) electrons. The third-order valence-electron chi connectivity index (χ3n) is 3.76. The quantitative estimate of drug-likeness (QED) is 0.535. The number of ketones is 1. The van der Waals surface area contributed by atoms with Crippen LogP contribution in [0, 0.1) is 0 Å². The minimum atomic E-state index is -1.76. The Bertz CT molecular complexity index is 414. The van der Waals surface area contributed by atoms with Crippen molar-refractivity contribution in [3.63, 3.8) is 0 Å². The van der Waals surface area contributed by atoms with Crippen molar-refractivity contribution >= 4 is 5.78 Å². The first-order valence-electron chi connectivity index (χ1n) is 6.62. The Hall–Kier alpha value is -0.970. The molecule has 108 valence electrons. The summed E-state index contributed by atoms with van der Waals surface area (Å²) in [5, 5.41) is 29.5. The van der Waals surface area contributed by atoms with Crippen molar-refractivity contribution in [2.45, 2.75) is 64.8 Å². The van der Waals surface area contributed by atoms with Gasteiger partial charge in [0, 0.05) is 6.42 Å². The van der Waals surface area contributed by atoms with Gasteiger partial charge in [0.2, 0.25) is 0 Å². The number of aliphatic hydroxyl groups is 3. The lowest BCUT2D eigenvalue weighted by atomic mass is 9.76. The van der Waals surface area contributed by atoms with E-state index in [2.05, 4.69) is 6.08 Å². The highest BCUT2D eigenvalue weighted by Crippen LogP contribution is 2.32. The average Bonchev–Trinajstić information content (AvgIpc) is 2.31. The molecule has 3 N–H and O–H groups in total. The molecule has 0 aromatic rings. The van der Waals surface area contributed by atoms with E-state index in [0.29, 0.717) is 12.0 Å². The fourth-order valence-electron chi connectivity index (χ4n) is 2.23. The molecule has 1 saturated carbocycles. The average molecular weight is 268 g/mol. The van der Waals surface area contributed by atoms with Crippen molar-refractivity contribution in [3.05, 3.63) is 22.8 Å². The van der Waals surface area contributed by atoms with Crippen molar-refractivity contribution in [2.75, 3.05) is 0 Å². The van der Waals surface area contributed by atoms with Crippen molar-refractivity contribution in [1.82, 2.24) is 0 Å². The Kier molecular flexibility index (Phi) is 5.07. The van der Waals surface area contributed by atoms with Gasteiger partial charge in [0.1, 0.15) is 11.7 Å². The van der Waals surface area contributed by atoms with E-state index in [-0.39, 0.29) is 6.42 Å². The second kappa shape index (κ2) is 5.99. The molecule has 1 aliphatic rings. The van der Waals surface area contributed by atoms with E-state index in [1.165, 1.54) is 12.5 Å². The summed E-state index contributed by atoms with van der Waals surface area (Å²) in [6.07, 6.45) is 1.06. The highest BCUT2D eigenvalue weighted by Gasteiger charge is 2.48. The summed E-state index contributed by atoms with van der Waals surface area (Å²) in [7, 11) is 0. The minimum Gasteiger partial charge on any atom is -0.390 e. The summed E-state index contributed by atoms with van der Waals surface area (Å²) < 4.78 is 0. The van der Waals surface area contributed by atoms with Crippen LogP contribution in [0.25, 0.3) is 0 Å². The van der Waals surface area contributed by atoms with E-state index in [1.54, 1.807) is 0 Å². The molecule has 0 aliphatic heterocycles. The molecule has 3 unspecified atom stereocenters. The number of hydrogen-bond acceptors (Lipinski definition) is 4. The molecule has 0 amide bonds. The number of aliphatic hydroxyl groups excluding tert-OH is 2. The van der Waals surface area contributed by atoms with Gasteiger partial charge >= 0.3 is 0 Å². The molecule has 0 spiro atoms. The maximum atomic E-state index is 12.0. The van der Waals surface area contributed by atoms with Gasteiger partial charge < -0.3 is 15.3 Å². The normalized spacial score (nSPS) is 34.2. The van der Waals surface area contributed by atoms with Crippen molar-refractivity contribution in [1.29, 1.82) is 0 Å². The van der Waals surface area contributed by atoms with Crippen LogP contribution in [0.15, 0.2) is 22.8 Å². The third-order valence-corrected chi connectivity index (χ3v) is 3.76. The van der Waals surface area contributed by atoms with Crippen LogP contribution in [-0.4, -0.2) is 38.9 Å². The lowest BCUT2D eigenvalue weighted by molar-refractivity contribution is -0.164. The first-order valence-corrected chi connectivity index (χ1v) is 6.62. The standard InChI is InChI=1S/C15H24O4/c1-9(2)6-5-7-10(3)11-8-12(16)15(4,19)14(18)13(11)17/h6,12,14,16,18-19H,5,7-8H2,1-4H3. The maximum Gasteiger partial charge on any atom is 0.190 e. The molecule has 1 rings (SSSR count). The van der Waals surface area contributed by atoms with Crippen LogP contribution in [0.2, 0.25) is 0 Å².